The Morgan fingerprint density at radius 3 is 2.83 bits per heavy atom. The van der Waals surface area contributed by atoms with Gasteiger partial charge in [0.25, 0.3) is 0 Å². The van der Waals surface area contributed by atoms with Crippen LogP contribution in [0.4, 0.5) is 0 Å². The highest BCUT2D eigenvalue weighted by Gasteiger charge is 2.52. The van der Waals surface area contributed by atoms with Gasteiger partial charge in [0, 0.05) is 13.7 Å². The van der Waals surface area contributed by atoms with Crippen molar-refractivity contribution in [2.75, 3.05) is 20.3 Å². The lowest BCUT2D eigenvalue weighted by Crippen LogP contribution is -2.45. The van der Waals surface area contributed by atoms with Crippen LogP contribution in [0, 0.1) is 0 Å². The molecule has 4 atom stereocenters. The molecule has 2 heterocycles. The SMILES string of the molecule is CCCCO[C@@H]1[C@@H](OC)O[C@@H]2COS(=O)(=O)O[C@@H]12. The van der Waals surface area contributed by atoms with Crippen molar-refractivity contribution < 1.29 is 31.0 Å². The summed E-state index contributed by atoms with van der Waals surface area (Å²) in [5, 5.41) is 0. The molecule has 2 rings (SSSR count). The maximum atomic E-state index is 11.3. The molecule has 0 aromatic carbocycles. The van der Waals surface area contributed by atoms with Gasteiger partial charge in [-0.2, -0.15) is 8.42 Å². The maximum absolute atomic E-state index is 11.3. The zero-order valence-electron chi connectivity index (χ0n) is 10.4. The van der Waals surface area contributed by atoms with Crippen LogP contribution in [0.25, 0.3) is 0 Å². The molecule has 0 N–H and O–H groups in total. The Bertz CT molecular complexity index is 368. The molecule has 0 radical (unpaired) electrons. The van der Waals surface area contributed by atoms with Crippen LogP contribution < -0.4 is 0 Å². The maximum Gasteiger partial charge on any atom is 0.400 e. The Labute approximate surface area is 107 Å². The fourth-order valence-electron chi connectivity index (χ4n) is 1.99. The second-order valence-electron chi connectivity index (χ2n) is 4.22. The van der Waals surface area contributed by atoms with E-state index in [0.717, 1.165) is 12.8 Å². The van der Waals surface area contributed by atoms with Crippen LogP contribution in [0.2, 0.25) is 0 Å². The van der Waals surface area contributed by atoms with Gasteiger partial charge in [-0.3, -0.25) is 0 Å². The van der Waals surface area contributed by atoms with Gasteiger partial charge < -0.3 is 14.2 Å². The van der Waals surface area contributed by atoms with E-state index in [1.807, 2.05) is 6.92 Å². The van der Waals surface area contributed by atoms with Gasteiger partial charge in [-0.1, -0.05) is 13.3 Å². The van der Waals surface area contributed by atoms with Gasteiger partial charge in [-0.05, 0) is 6.42 Å². The number of fused-ring (bicyclic) bond motifs is 1. The Balaban J connectivity index is 2.03. The lowest BCUT2D eigenvalue weighted by atomic mass is 10.1. The normalized spacial score (nSPS) is 38.6. The summed E-state index contributed by atoms with van der Waals surface area (Å²) in [6, 6.07) is 0. The molecule has 2 aliphatic heterocycles. The summed E-state index contributed by atoms with van der Waals surface area (Å²) in [5.41, 5.74) is 0. The number of hydrogen-bond acceptors (Lipinski definition) is 7. The van der Waals surface area contributed by atoms with E-state index in [-0.39, 0.29) is 6.61 Å². The molecule has 2 saturated heterocycles. The fraction of sp³-hybridized carbons (Fsp3) is 1.00. The molecule has 106 valence electrons. The van der Waals surface area contributed by atoms with E-state index in [9.17, 15) is 8.42 Å². The van der Waals surface area contributed by atoms with Crippen LogP contribution in [-0.4, -0.2) is 53.3 Å². The predicted molar refractivity (Wildman–Crippen MR) is 60.1 cm³/mol. The Morgan fingerprint density at radius 1 is 1.39 bits per heavy atom. The number of rotatable bonds is 5. The Morgan fingerprint density at radius 2 is 2.17 bits per heavy atom. The Kier molecular flexibility index (Phi) is 4.57. The highest BCUT2D eigenvalue weighted by molar-refractivity contribution is 7.81. The minimum absolute atomic E-state index is 0.0690. The molecule has 2 aliphatic rings. The molecule has 0 unspecified atom stereocenters. The molecule has 18 heavy (non-hydrogen) atoms. The van der Waals surface area contributed by atoms with Gasteiger partial charge in [0.1, 0.15) is 18.3 Å². The van der Waals surface area contributed by atoms with Crippen LogP contribution >= 0.6 is 0 Å². The number of unbranched alkanes of at least 4 members (excludes halogenated alkanes) is 1. The van der Waals surface area contributed by atoms with Crippen LogP contribution in [0.1, 0.15) is 19.8 Å². The topological polar surface area (TPSA) is 80.3 Å². The van der Waals surface area contributed by atoms with Crippen LogP contribution in [-0.2, 0) is 33.0 Å². The molecule has 0 saturated carbocycles. The summed E-state index contributed by atoms with van der Waals surface area (Å²) in [4.78, 5) is 0. The van der Waals surface area contributed by atoms with Crippen molar-refractivity contribution in [3.05, 3.63) is 0 Å². The lowest BCUT2D eigenvalue weighted by molar-refractivity contribution is -0.163. The first-order chi connectivity index (χ1) is 8.57. The highest BCUT2D eigenvalue weighted by Crippen LogP contribution is 2.32. The van der Waals surface area contributed by atoms with E-state index in [1.54, 1.807) is 0 Å². The summed E-state index contributed by atoms with van der Waals surface area (Å²) >= 11 is 0. The first-order valence-electron chi connectivity index (χ1n) is 5.95. The first-order valence-corrected chi connectivity index (χ1v) is 7.28. The van der Waals surface area contributed by atoms with Crippen LogP contribution in [0.15, 0.2) is 0 Å². The molecule has 0 aromatic rings. The van der Waals surface area contributed by atoms with E-state index in [2.05, 4.69) is 4.18 Å². The third kappa shape index (κ3) is 3.01. The summed E-state index contributed by atoms with van der Waals surface area (Å²) in [6.07, 6.45) is -0.496. The molecule has 2 fully saturated rings. The third-order valence-corrected chi connectivity index (χ3v) is 3.80. The Hall–Kier alpha value is -0.250. The number of methoxy groups -OCH3 is 1. The van der Waals surface area contributed by atoms with Gasteiger partial charge in [-0.25, -0.2) is 8.37 Å². The zero-order chi connectivity index (χ0) is 13.2. The van der Waals surface area contributed by atoms with Crippen molar-refractivity contribution in [2.45, 2.75) is 44.4 Å². The van der Waals surface area contributed by atoms with Crippen molar-refractivity contribution >= 4 is 10.4 Å². The molecule has 0 amide bonds. The summed E-state index contributed by atoms with van der Waals surface area (Å²) < 4.78 is 48.2. The van der Waals surface area contributed by atoms with Crippen LogP contribution in [0.3, 0.4) is 0 Å². The first kappa shape index (κ1) is 14.2. The largest absolute Gasteiger partial charge is 0.400 e. The molecule has 0 bridgehead atoms. The van der Waals surface area contributed by atoms with Gasteiger partial charge in [0.2, 0.25) is 0 Å². The smallest absolute Gasteiger partial charge is 0.370 e. The van der Waals surface area contributed by atoms with Crippen molar-refractivity contribution in [3.8, 4) is 0 Å². The second-order valence-corrected chi connectivity index (χ2v) is 5.47. The molecule has 0 spiro atoms. The molecule has 0 aromatic heterocycles. The van der Waals surface area contributed by atoms with Gasteiger partial charge in [0.05, 0.1) is 6.61 Å². The summed E-state index contributed by atoms with van der Waals surface area (Å²) in [7, 11) is -2.47. The van der Waals surface area contributed by atoms with E-state index in [1.165, 1.54) is 7.11 Å². The standard InChI is InChI=1S/C10H18O7S/c1-3-4-5-14-9-8-7(16-10(9)13-2)6-15-18(11,12)17-8/h7-10H,3-6H2,1-2H3/t7-,8-,9+,10+/m1/s1. The van der Waals surface area contributed by atoms with Gasteiger partial charge >= 0.3 is 10.4 Å². The minimum atomic E-state index is -3.95. The van der Waals surface area contributed by atoms with Gasteiger partial charge in [0.15, 0.2) is 6.29 Å². The average molecular weight is 282 g/mol. The quantitative estimate of drug-likeness (QED) is 0.666. The van der Waals surface area contributed by atoms with Crippen molar-refractivity contribution in [1.29, 1.82) is 0 Å². The molecule has 0 aliphatic carbocycles. The fourth-order valence-corrected chi connectivity index (χ4v) is 2.85. The van der Waals surface area contributed by atoms with E-state index >= 15 is 0 Å². The second kappa shape index (κ2) is 5.81. The van der Waals surface area contributed by atoms with Crippen molar-refractivity contribution in [3.63, 3.8) is 0 Å². The van der Waals surface area contributed by atoms with Crippen molar-refractivity contribution in [2.24, 2.45) is 0 Å². The monoisotopic (exact) mass is 282 g/mol. The molecular formula is C10H18O7S. The van der Waals surface area contributed by atoms with Crippen molar-refractivity contribution in [1.82, 2.24) is 0 Å². The number of ether oxygens (including phenoxy) is 3. The summed E-state index contributed by atoms with van der Waals surface area (Å²) in [6.45, 7) is 2.49. The average Bonchev–Trinajstić information content (AvgIpc) is 2.66. The zero-order valence-corrected chi connectivity index (χ0v) is 11.2. The highest BCUT2D eigenvalue weighted by atomic mass is 32.3. The van der Waals surface area contributed by atoms with E-state index in [0.29, 0.717) is 6.61 Å². The molecule has 7 nitrogen and oxygen atoms in total. The molecule has 8 heteroatoms. The minimum Gasteiger partial charge on any atom is -0.370 e. The molecular weight excluding hydrogens is 264 g/mol. The van der Waals surface area contributed by atoms with E-state index in [4.69, 9.17) is 18.4 Å². The van der Waals surface area contributed by atoms with Crippen LogP contribution in [0.5, 0.6) is 0 Å². The van der Waals surface area contributed by atoms with E-state index < -0.39 is 35.0 Å². The predicted octanol–water partition coefficient (Wildman–Crippen LogP) is 0.203. The lowest BCUT2D eigenvalue weighted by Gasteiger charge is -2.26. The number of hydrogen-bond donors (Lipinski definition) is 0. The third-order valence-electron chi connectivity index (χ3n) is 2.91. The summed E-state index contributed by atoms with van der Waals surface area (Å²) in [5.74, 6) is 0. The van der Waals surface area contributed by atoms with Gasteiger partial charge in [-0.15, -0.1) is 0 Å².